The van der Waals surface area contributed by atoms with Crippen LogP contribution in [0, 0.1) is 22.7 Å². The van der Waals surface area contributed by atoms with Gasteiger partial charge in [-0.2, -0.15) is 10.5 Å². The fraction of sp³-hybridized carbons (Fsp3) is 0. The van der Waals surface area contributed by atoms with Crippen LogP contribution in [-0.4, -0.2) is 5.29 Å². The Labute approximate surface area is 211 Å². The predicted molar refractivity (Wildman–Crippen MR) is 151 cm³/mol. The van der Waals surface area contributed by atoms with E-state index in [0.717, 1.165) is 10.6 Å². The van der Waals surface area contributed by atoms with Crippen molar-refractivity contribution in [2.75, 3.05) is 0 Å². The van der Waals surface area contributed by atoms with E-state index in [4.69, 9.17) is 0 Å². The van der Waals surface area contributed by atoms with Gasteiger partial charge in [-0.15, -0.1) is 0 Å². The minimum atomic E-state index is -3.36. The molecule has 0 saturated carbocycles. The number of benzene rings is 4. The van der Waals surface area contributed by atoms with Crippen molar-refractivity contribution in [2.24, 2.45) is 0 Å². The molecule has 0 aromatic heterocycles. The van der Waals surface area contributed by atoms with Gasteiger partial charge in [0.25, 0.3) is 0 Å². The molecule has 0 fully saturated rings. The van der Waals surface area contributed by atoms with E-state index in [1.165, 1.54) is 0 Å². The SMILES string of the molecule is N#CC1=CC(P(=O)(c2ccccc2)c2ccccc2)=CC(C#N)=P1(c1ccccc1)c1ccccc1. The molecule has 172 valence electrons. The van der Waals surface area contributed by atoms with Gasteiger partial charge in [0.15, 0.2) is 7.14 Å². The smallest absolute Gasteiger partial charge is 0.171 e. The maximum absolute atomic E-state index is 15.0. The average Bonchev–Trinajstić information content (AvgIpc) is 2.97. The molecule has 1 heterocycles. The molecule has 36 heavy (non-hydrogen) atoms. The minimum Gasteiger partial charge on any atom is -0.309 e. The summed E-state index contributed by atoms with van der Waals surface area (Å²) in [5, 5.41) is 25.7. The van der Waals surface area contributed by atoms with Crippen molar-refractivity contribution in [3.8, 4) is 12.1 Å². The molecule has 0 unspecified atom stereocenters. The fourth-order valence-electron chi connectivity index (χ4n) is 4.77. The summed E-state index contributed by atoms with van der Waals surface area (Å²) in [5.74, 6) is 0. The fourth-order valence-corrected chi connectivity index (χ4v) is 11.6. The molecular weight excluding hydrogens is 478 g/mol. The molecule has 1 aliphatic rings. The number of allylic oxidation sites excluding steroid dienone is 4. The van der Waals surface area contributed by atoms with Gasteiger partial charge in [0.2, 0.25) is 0 Å². The summed E-state index contributed by atoms with van der Waals surface area (Å²) in [6.07, 6.45) is 3.57. The zero-order valence-electron chi connectivity index (χ0n) is 19.4. The Morgan fingerprint density at radius 1 is 0.556 bits per heavy atom. The second-order valence-electron chi connectivity index (χ2n) is 8.33. The summed E-state index contributed by atoms with van der Waals surface area (Å²) in [6.45, 7) is -2.75. The van der Waals surface area contributed by atoms with E-state index in [1.54, 1.807) is 12.2 Å². The lowest BCUT2D eigenvalue weighted by atomic mass is 10.3. The zero-order chi connectivity index (χ0) is 25.0. The molecule has 5 heteroatoms. The van der Waals surface area contributed by atoms with Crippen LogP contribution in [0.1, 0.15) is 0 Å². The third kappa shape index (κ3) is 3.71. The first-order valence-corrected chi connectivity index (χ1v) is 15.0. The highest BCUT2D eigenvalue weighted by atomic mass is 31.2. The van der Waals surface area contributed by atoms with Gasteiger partial charge in [0.1, 0.15) is 12.1 Å². The highest BCUT2D eigenvalue weighted by molar-refractivity contribution is 7.94. The van der Waals surface area contributed by atoms with Crippen LogP contribution >= 0.6 is 14.0 Å². The summed E-state index contributed by atoms with van der Waals surface area (Å²) < 4.78 is 15.0. The summed E-state index contributed by atoms with van der Waals surface area (Å²) in [7, 11) is -3.36. The second-order valence-corrected chi connectivity index (χ2v) is 14.4. The van der Waals surface area contributed by atoms with Crippen molar-refractivity contribution in [1.82, 2.24) is 0 Å². The van der Waals surface area contributed by atoms with Crippen LogP contribution in [0.2, 0.25) is 0 Å². The quantitative estimate of drug-likeness (QED) is 0.332. The molecule has 1 aliphatic heterocycles. The van der Waals surface area contributed by atoms with Gasteiger partial charge in [0.05, 0.1) is 10.6 Å². The normalized spacial score (nSPS) is 14.7. The highest BCUT2D eigenvalue weighted by Crippen LogP contribution is 2.61. The molecule has 0 amide bonds. The molecule has 0 aliphatic carbocycles. The van der Waals surface area contributed by atoms with E-state index in [2.05, 4.69) is 12.1 Å². The summed E-state index contributed by atoms with van der Waals surface area (Å²) >= 11 is 0. The molecule has 0 bridgehead atoms. The largest absolute Gasteiger partial charge is 0.309 e. The average molecular weight is 500 g/mol. The van der Waals surface area contributed by atoms with Crippen LogP contribution in [0.25, 0.3) is 0 Å². The van der Waals surface area contributed by atoms with Gasteiger partial charge in [-0.1, -0.05) is 121 Å². The van der Waals surface area contributed by atoms with Gasteiger partial charge in [0, 0.05) is 22.8 Å². The minimum absolute atomic E-state index is 0.473. The Morgan fingerprint density at radius 3 is 1.36 bits per heavy atom. The van der Waals surface area contributed by atoms with E-state index < -0.39 is 14.0 Å². The lowest BCUT2D eigenvalue weighted by Crippen LogP contribution is -2.25. The summed E-state index contributed by atoms with van der Waals surface area (Å²) in [5.41, 5.74) is 0. The van der Waals surface area contributed by atoms with Crippen LogP contribution in [0.5, 0.6) is 0 Å². The van der Waals surface area contributed by atoms with Crippen molar-refractivity contribution < 1.29 is 4.57 Å². The van der Waals surface area contributed by atoms with Crippen LogP contribution in [-0.2, 0) is 4.57 Å². The van der Waals surface area contributed by atoms with Crippen molar-refractivity contribution in [3.05, 3.63) is 144 Å². The number of hydrogen-bond acceptors (Lipinski definition) is 3. The Bertz CT molecular complexity index is 1570. The number of rotatable bonds is 5. The van der Waals surface area contributed by atoms with Crippen LogP contribution < -0.4 is 21.2 Å². The topological polar surface area (TPSA) is 64.7 Å². The Hall–Kier alpha value is -4.13. The number of hydrogen-bond donors (Lipinski definition) is 0. The third-order valence-electron chi connectivity index (χ3n) is 6.41. The van der Waals surface area contributed by atoms with Gasteiger partial charge in [-0.3, -0.25) is 0 Å². The Kier molecular flexibility index (Phi) is 6.46. The van der Waals surface area contributed by atoms with Gasteiger partial charge in [-0.05, 0) is 22.8 Å². The van der Waals surface area contributed by atoms with Gasteiger partial charge < -0.3 is 4.57 Å². The van der Waals surface area contributed by atoms with Crippen molar-refractivity contribution in [2.45, 2.75) is 0 Å². The first-order valence-electron chi connectivity index (χ1n) is 11.5. The molecule has 0 saturated heterocycles. The van der Waals surface area contributed by atoms with Crippen LogP contribution in [0.15, 0.2) is 144 Å². The highest BCUT2D eigenvalue weighted by Gasteiger charge is 2.39. The first-order chi connectivity index (χ1) is 17.7. The molecule has 0 N–H and O–H groups in total. The maximum Gasteiger partial charge on any atom is 0.171 e. The summed E-state index contributed by atoms with van der Waals surface area (Å²) in [6, 6.07) is 43.0. The van der Waals surface area contributed by atoms with E-state index in [-0.39, 0.29) is 0 Å². The molecule has 5 rings (SSSR count). The second kappa shape index (κ2) is 9.85. The molecule has 3 nitrogen and oxygen atoms in total. The molecule has 0 spiro atoms. The van der Waals surface area contributed by atoms with Crippen molar-refractivity contribution >= 4 is 40.5 Å². The van der Waals surface area contributed by atoms with Crippen molar-refractivity contribution in [3.63, 3.8) is 0 Å². The molecule has 4 aromatic carbocycles. The first kappa shape index (κ1) is 23.6. The molecule has 4 aromatic rings. The van der Waals surface area contributed by atoms with Crippen LogP contribution in [0.4, 0.5) is 0 Å². The predicted octanol–water partition coefficient (Wildman–Crippen LogP) is 5.67. The van der Waals surface area contributed by atoms with Gasteiger partial charge in [-0.25, -0.2) is 0 Å². The van der Waals surface area contributed by atoms with E-state index in [9.17, 15) is 10.5 Å². The lowest BCUT2D eigenvalue weighted by Gasteiger charge is -2.32. The van der Waals surface area contributed by atoms with E-state index in [1.807, 2.05) is 121 Å². The van der Waals surface area contributed by atoms with Crippen molar-refractivity contribution in [1.29, 1.82) is 10.5 Å². The maximum atomic E-state index is 15.0. The number of nitrogens with zero attached hydrogens (tertiary/aromatic N) is 2. The van der Waals surface area contributed by atoms with Crippen LogP contribution in [0.3, 0.4) is 0 Å². The molecule has 0 radical (unpaired) electrons. The zero-order valence-corrected chi connectivity index (χ0v) is 21.2. The standard InChI is InChI=1S/C31H22N2OP2/c32-23-30-21-29(36(34,27-17-9-3-10-18-27)28-19-11-4-12-20-28)22-31(24-33)35(30,25-13-5-1-6-14-25)26-15-7-2-8-16-26/h1-22H. The van der Waals surface area contributed by atoms with E-state index >= 15 is 4.57 Å². The molecular formula is C31H22N2OP2. The third-order valence-corrected chi connectivity index (χ3v) is 13.5. The van der Waals surface area contributed by atoms with Gasteiger partial charge >= 0.3 is 0 Å². The summed E-state index contributed by atoms with van der Waals surface area (Å²) in [4.78, 5) is 0. The Balaban J connectivity index is 1.92. The van der Waals surface area contributed by atoms with E-state index in [0.29, 0.717) is 26.5 Å². The Morgan fingerprint density at radius 2 is 0.972 bits per heavy atom. The number of nitriles is 2. The lowest BCUT2D eigenvalue weighted by molar-refractivity contribution is 0.591. The monoisotopic (exact) mass is 500 g/mol. The molecule has 0 atom stereocenters.